The molecule has 1 fully saturated rings. The number of hydrogen-bond acceptors (Lipinski definition) is 3. The summed E-state index contributed by atoms with van der Waals surface area (Å²) in [6, 6.07) is 8.11. The zero-order valence-electron chi connectivity index (χ0n) is 12.9. The Morgan fingerprint density at radius 2 is 2.18 bits per heavy atom. The largest absolute Gasteiger partial charge is 0.340 e. The van der Waals surface area contributed by atoms with Gasteiger partial charge >= 0.3 is 0 Å². The summed E-state index contributed by atoms with van der Waals surface area (Å²) < 4.78 is 0. The number of benzene rings is 1. The van der Waals surface area contributed by atoms with Crippen LogP contribution in [0.3, 0.4) is 0 Å². The maximum atomic E-state index is 12.6. The normalized spacial score (nSPS) is 24.6. The van der Waals surface area contributed by atoms with Gasteiger partial charge in [-0.25, -0.2) is 0 Å². The van der Waals surface area contributed by atoms with E-state index in [9.17, 15) is 9.59 Å². The van der Waals surface area contributed by atoms with Gasteiger partial charge in [-0.1, -0.05) is 19.1 Å². The summed E-state index contributed by atoms with van der Waals surface area (Å²) in [5, 5.41) is 2.60. The Bertz CT molecular complexity index is 576. The fourth-order valence-corrected chi connectivity index (χ4v) is 4.36. The van der Waals surface area contributed by atoms with Gasteiger partial charge in [-0.15, -0.1) is 11.8 Å². The van der Waals surface area contributed by atoms with Crippen LogP contribution < -0.4 is 5.32 Å². The van der Waals surface area contributed by atoms with Gasteiger partial charge in [0.2, 0.25) is 11.8 Å². The molecule has 2 atom stereocenters. The van der Waals surface area contributed by atoms with E-state index in [1.54, 1.807) is 0 Å². The van der Waals surface area contributed by atoms with Crippen LogP contribution in [-0.2, 0) is 9.59 Å². The molecule has 1 aromatic carbocycles. The molecule has 0 aromatic heterocycles. The highest BCUT2D eigenvalue weighted by Crippen LogP contribution is 2.37. The first-order valence-corrected chi connectivity index (χ1v) is 8.93. The van der Waals surface area contributed by atoms with Crippen molar-refractivity contribution in [2.24, 2.45) is 0 Å². The number of likely N-dealkylation sites (tertiary alicyclic amines) is 1. The minimum absolute atomic E-state index is 0.0536. The molecule has 1 aromatic rings. The van der Waals surface area contributed by atoms with Gasteiger partial charge in [0, 0.05) is 23.9 Å². The van der Waals surface area contributed by atoms with E-state index in [0.717, 1.165) is 36.4 Å². The van der Waals surface area contributed by atoms with Crippen molar-refractivity contribution in [3.63, 3.8) is 0 Å². The Morgan fingerprint density at radius 3 is 3.00 bits per heavy atom. The minimum atomic E-state index is -0.318. The fourth-order valence-electron chi connectivity index (χ4n) is 3.26. The number of anilines is 1. The van der Waals surface area contributed by atoms with Crippen molar-refractivity contribution in [2.75, 3.05) is 11.9 Å². The lowest BCUT2D eigenvalue weighted by Crippen LogP contribution is -2.45. The van der Waals surface area contributed by atoms with Crippen LogP contribution in [-0.4, -0.2) is 34.6 Å². The van der Waals surface area contributed by atoms with Gasteiger partial charge in [0.25, 0.3) is 0 Å². The first-order chi connectivity index (χ1) is 10.7. The summed E-state index contributed by atoms with van der Waals surface area (Å²) in [5.74, 6) is 0.0701. The molecule has 2 heterocycles. The molecule has 0 radical (unpaired) electrons. The molecule has 2 aliphatic rings. The Morgan fingerprint density at radius 1 is 1.36 bits per heavy atom. The Hall–Kier alpha value is -1.49. The molecular weight excluding hydrogens is 296 g/mol. The zero-order valence-corrected chi connectivity index (χ0v) is 13.7. The molecule has 1 saturated heterocycles. The number of nitrogens with one attached hydrogen (secondary N) is 1. The first-order valence-electron chi connectivity index (χ1n) is 8.05. The minimum Gasteiger partial charge on any atom is -0.340 e. The number of hydrogen-bond donors (Lipinski definition) is 1. The quantitative estimate of drug-likeness (QED) is 0.930. The molecular formula is C17H22N2O2S. The third-order valence-electron chi connectivity index (χ3n) is 4.49. The topological polar surface area (TPSA) is 49.4 Å². The van der Waals surface area contributed by atoms with E-state index in [-0.39, 0.29) is 17.1 Å². The highest BCUT2D eigenvalue weighted by atomic mass is 32.2. The monoisotopic (exact) mass is 318 g/mol. The van der Waals surface area contributed by atoms with E-state index in [1.165, 1.54) is 18.2 Å². The number of rotatable bonds is 3. The molecule has 0 aliphatic carbocycles. The predicted octanol–water partition coefficient (Wildman–Crippen LogP) is 3.28. The van der Waals surface area contributed by atoms with E-state index in [1.807, 2.05) is 29.2 Å². The third-order valence-corrected chi connectivity index (χ3v) is 5.76. The second-order valence-electron chi connectivity index (χ2n) is 5.94. The van der Waals surface area contributed by atoms with Crippen LogP contribution in [0, 0.1) is 0 Å². The predicted molar refractivity (Wildman–Crippen MR) is 89.0 cm³/mol. The molecule has 22 heavy (non-hydrogen) atoms. The van der Waals surface area contributed by atoms with Crippen molar-refractivity contribution in [3.05, 3.63) is 24.3 Å². The molecule has 0 spiro atoms. The molecule has 4 nitrogen and oxygen atoms in total. The van der Waals surface area contributed by atoms with Gasteiger partial charge in [-0.05, 0) is 37.8 Å². The van der Waals surface area contributed by atoms with Crippen molar-refractivity contribution < 1.29 is 9.59 Å². The van der Waals surface area contributed by atoms with Crippen LogP contribution in [0.5, 0.6) is 0 Å². The lowest BCUT2D eigenvalue weighted by atomic mass is 9.99. The number of fused-ring (bicyclic) bond motifs is 1. The second kappa shape index (κ2) is 6.73. The summed E-state index contributed by atoms with van der Waals surface area (Å²) in [6.45, 7) is 2.97. The Kier molecular flexibility index (Phi) is 4.71. The maximum Gasteiger partial charge on any atom is 0.238 e. The van der Waals surface area contributed by atoms with Crippen molar-refractivity contribution in [1.29, 1.82) is 0 Å². The molecule has 3 rings (SSSR count). The highest BCUT2D eigenvalue weighted by molar-refractivity contribution is 8.01. The van der Waals surface area contributed by atoms with E-state index in [0.29, 0.717) is 12.5 Å². The Balaban J connectivity index is 1.68. The van der Waals surface area contributed by atoms with E-state index >= 15 is 0 Å². The van der Waals surface area contributed by atoms with Crippen LogP contribution in [0.15, 0.2) is 29.2 Å². The molecule has 2 amide bonds. The van der Waals surface area contributed by atoms with E-state index in [2.05, 4.69) is 12.2 Å². The summed E-state index contributed by atoms with van der Waals surface area (Å²) in [7, 11) is 0. The van der Waals surface area contributed by atoms with Crippen LogP contribution in [0.4, 0.5) is 5.69 Å². The average molecular weight is 318 g/mol. The fraction of sp³-hybridized carbons (Fsp3) is 0.529. The number of carbonyl (C=O) groups excluding carboxylic acids is 2. The summed E-state index contributed by atoms with van der Waals surface area (Å²) >= 11 is 1.51. The number of piperidine rings is 1. The van der Waals surface area contributed by atoms with Gasteiger partial charge in [0.1, 0.15) is 0 Å². The number of carbonyl (C=O) groups is 2. The molecule has 1 N–H and O–H groups in total. The van der Waals surface area contributed by atoms with Crippen molar-refractivity contribution >= 4 is 29.3 Å². The van der Waals surface area contributed by atoms with Gasteiger partial charge in [0.15, 0.2) is 0 Å². The zero-order chi connectivity index (χ0) is 15.5. The number of para-hydroxylation sites is 1. The number of nitrogens with zero attached hydrogens (tertiary/aromatic N) is 1. The lowest BCUT2D eigenvalue weighted by molar-refractivity contribution is -0.136. The summed E-state index contributed by atoms with van der Waals surface area (Å²) in [5.41, 5.74) is 0.852. The molecule has 2 unspecified atom stereocenters. The van der Waals surface area contributed by atoms with Crippen LogP contribution in [0.2, 0.25) is 0 Å². The van der Waals surface area contributed by atoms with Crippen molar-refractivity contribution in [2.45, 2.75) is 55.2 Å². The second-order valence-corrected chi connectivity index (χ2v) is 7.19. The van der Waals surface area contributed by atoms with Gasteiger partial charge in [-0.2, -0.15) is 0 Å². The molecule has 118 valence electrons. The standard InChI is InChI=1S/C17H22N2O2S/c1-2-12-7-5-6-10-19(12)16(20)11-15-17(21)18-13-8-3-4-9-14(13)22-15/h3-4,8-9,12,15H,2,5-7,10-11H2,1H3,(H,18,21). The van der Waals surface area contributed by atoms with Crippen LogP contribution >= 0.6 is 11.8 Å². The Labute approximate surface area is 135 Å². The average Bonchev–Trinajstić information content (AvgIpc) is 2.55. The third kappa shape index (κ3) is 3.14. The summed E-state index contributed by atoms with van der Waals surface area (Å²) in [4.78, 5) is 27.9. The smallest absolute Gasteiger partial charge is 0.238 e. The van der Waals surface area contributed by atoms with Crippen molar-refractivity contribution in [3.8, 4) is 0 Å². The highest BCUT2D eigenvalue weighted by Gasteiger charge is 2.32. The van der Waals surface area contributed by atoms with Crippen molar-refractivity contribution in [1.82, 2.24) is 4.90 Å². The van der Waals surface area contributed by atoms with Crippen LogP contribution in [0.1, 0.15) is 39.0 Å². The van der Waals surface area contributed by atoms with E-state index < -0.39 is 0 Å². The molecule has 5 heteroatoms. The number of thioether (sulfide) groups is 1. The number of amides is 2. The SMILES string of the molecule is CCC1CCCCN1C(=O)CC1Sc2ccccc2NC1=O. The van der Waals surface area contributed by atoms with E-state index in [4.69, 9.17) is 0 Å². The maximum absolute atomic E-state index is 12.6. The molecule has 2 aliphatic heterocycles. The lowest BCUT2D eigenvalue weighted by Gasteiger charge is -2.36. The van der Waals surface area contributed by atoms with Crippen LogP contribution in [0.25, 0.3) is 0 Å². The van der Waals surface area contributed by atoms with Gasteiger partial charge in [0.05, 0.1) is 10.9 Å². The van der Waals surface area contributed by atoms with Gasteiger partial charge in [-0.3, -0.25) is 9.59 Å². The summed E-state index contributed by atoms with van der Waals surface area (Å²) in [6.07, 6.45) is 4.67. The molecule has 0 bridgehead atoms. The van der Waals surface area contributed by atoms with Gasteiger partial charge < -0.3 is 10.2 Å². The molecule has 0 saturated carbocycles. The first kappa shape index (κ1) is 15.4.